The van der Waals surface area contributed by atoms with Crippen LogP contribution in [0.15, 0.2) is 48.5 Å². The fourth-order valence-electron chi connectivity index (χ4n) is 2.93. The summed E-state index contributed by atoms with van der Waals surface area (Å²) in [5.74, 6) is 1.15. The van der Waals surface area contributed by atoms with E-state index in [1.165, 1.54) is 0 Å². The number of hydrogen-bond donors (Lipinski definition) is 0. The van der Waals surface area contributed by atoms with Crippen LogP contribution in [0.4, 0.5) is 5.69 Å². The third kappa shape index (κ3) is 4.06. The summed E-state index contributed by atoms with van der Waals surface area (Å²) in [4.78, 5) is 16.4. The van der Waals surface area contributed by atoms with Crippen molar-refractivity contribution in [1.82, 2.24) is 4.90 Å². The van der Waals surface area contributed by atoms with Gasteiger partial charge in [-0.2, -0.15) is 5.26 Å². The molecule has 134 valence electrons. The molecule has 2 aromatic rings. The third-order valence-corrected chi connectivity index (χ3v) is 4.41. The Labute approximate surface area is 153 Å². The molecule has 0 saturated carbocycles. The number of anilines is 1. The molecule has 0 aromatic heterocycles. The molecule has 6 heteroatoms. The molecule has 0 N–H and O–H groups in total. The van der Waals surface area contributed by atoms with E-state index in [9.17, 15) is 4.79 Å². The number of piperazine rings is 1. The monoisotopic (exact) mass is 351 g/mol. The molecule has 1 heterocycles. The molecule has 2 aromatic carbocycles. The van der Waals surface area contributed by atoms with Gasteiger partial charge in [0, 0.05) is 31.9 Å². The number of rotatable bonds is 5. The van der Waals surface area contributed by atoms with E-state index in [1.54, 1.807) is 19.2 Å². The zero-order chi connectivity index (χ0) is 18.4. The van der Waals surface area contributed by atoms with Crippen molar-refractivity contribution in [3.63, 3.8) is 0 Å². The second-order valence-electron chi connectivity index (χ2n) is 5.97. The van der Waals surface area contributed by atoms with Gasteiger partial charge >= 0.3 is 0 Å². The average molecular weight is 351 g/mol. The van der Waals surface area contributed by atoms with Crippen LogP contribution in [0.2, 0.25) is 0 Å². The van der Waals surface area contributed by atoms with Crippen molar-refractivity contribution >= 4 is 11.6 Å². The lowest BCUT2D eigenvalue weighted by molar-refractivity contribution is -0.133. The number of amides is 1. The minimum Gasteiger partial charge on any atom is -0.493 e. The summed E-state index contributed by atoms with van der Waals surface area (Å²) in [6.45, 7) is 2.80. The number of carbonyl (C=O) groups is 1. The zero-order valence-corrected chi connectivity index (χ0v) is 14.7. The molecule has 3 rings (SSSR count). The first kappa shape index (κ1) is 17.6. The molecule has 0 bridgehead atoms. The minimum atomic E-state index is -0.0321. The van der Waals surface area contributed by atoms with Crippen LogP contribution in [0.3, 0.4) is 0 Å². The average Bonchev–Trinajstić information content (AvgIpc) is 2.72. The maximum Gasteiger partial charge on any atom is 0.260 e. The van der Waals surface area contributed by atoms with Crippen molar-refractivity contribution in [3.05, 3.63) is 54.1 Å². The summed E-state index contributed by atoms with van der Waals surface area (Å²) in [6.07, 6.45) is 0. The molecule has 0 aliphatic carbocycles. The zero-order valence-electron chi connectivity index (χ0n) is 14.7. The molecule has 1 aliphatic heterocycles. The fourth-order valence-corrected chi connectivity index (χ4v) is 2.93. The molecule has 1 aliphatic rings. The van der Waals surface area contributed by atoms with Crippen molar-refractivity contribution in [2.75, 3.05) is 44.8 Å². The molecule has 1 amide bonds. The van der Waals surface area contributed by atoms with Crippen LogP contribution in [0.25, 0.3) is 0 Å². The Bertz CT molecular complexity index is 791. The molecular weight excluding hydrogens is 330 g/mol. The van der Waals surface area contributed by atoms with Gasteiger partial charge in [0.15, 0.2) is 18.1 Å². The topological polar surface area (TPSA) is 65.8 Å². The number of nitrogens with zero attached hydrogens (tertiary/aromatic N) is 3. The smallest absolute Gasteiger partial charge is 0.260 e. The molecule has 6 nitrogen and oxygen atoms in total. The van der Waals surface area contributed by atoms with Crippen LogP contribution in [0.1, 0.15) is 5.56 Å². The van der Waals surface area contributed by atoms with Gasteiger partial charge in [0.2, 0.25) is 0 Å². The van der Waals surface area contributed by atoms with E-state index in [0.717, 1.165) is 18.8 Å². The predicted octanol–water partition coefficient (Wildman–Crippen LogP) is 2.29. The van der Waals surface area contributed by atoms with Crippen molar-refractivity contribution in [2.24, 2.45) is 0 Å². The van der Waals surface area contributed by atoms with E-state index in [-0.39, 0.29) is 12.5 Å². The Hall–Kier alpha value is -3.20. The highest BCUT2D eigenvalue weighted by molar-refractivity contribution is 5.78. The van der Waals surface area contributed by atoms with Crippen LogP contribution in [-0.2, 0) is 4.79 Å². The maximum atomic E-state index is 12.4. The van der Waals surface area contributed by atoms with Crippen molar-refractivity contribution in [1.29, 1.82) is 5.26 Å². The molecule has 0 unspecified atom stereocenters. The summed E-state index contributed by atoms with van der Waals surface area (Å²) in [7, 11) is 1.58. The van der Waals surface area contributed by atoms with Crippen molar-refractivity contribution < 1.29 is 14.3 Å². The van der Waals surface area contributed by atoms with Gasteiger partial charge in [-0.25, -0.2) is 0 Å². The molecule has 1 fully saturated rings. The van der Waals surface area contributed by atoms with Gasteiger partial charge in [0.05, 0.1) is 18.7 Å². The quantitative estimate of drug-likeness (QED) is 0.827. The highest BCUT2D eigenvalue weighted by Crippen LogP contribution is 2.25. The lowest BCUT2D eigenvalue weighted by atomic mass is 10.2. The first-order valence-corrected chi connectivity index (χ1v) is 8.50. The van der Waals surface area contributed by atoms with Gasteiger partial charge in [-0.15, -0.1) is 0 Å². The van der Waals surface area contributed by atoms with E-state index >= 15 is 0 Å². The van der Waals surface area contributed by atoms with Gasteiger partial charge in [-0.3, -0.25) is 4.79 Å². The second kappa shape index (κ2) is 8.26. The number of carbonyl (C=O) groups excluding carboxylic acids is 1. The fraction of sp³-hybridized carbons (Fsp3) is 0.300. The van der Waals surface area contributed by atoms with Crippen LogP contribution in [-0.4, -0.2) is 50.7 Å². The number of methoxy groups -OCH3 is 1. The molecule has 0 radical (unpaired) electrons. The summed E-state index contributed by atoms with van der Waals surface area (Å²) in [6, 6.07) is 16.9. The molecular formula is C20H21N3O3. The minimum absolute atomic E-state index is 0.00274. The Morgan fingerprint density at radius 2 is 1.69 bits per heavy atom. The molecule has 0 spiro atoms. The van der Waals surface area contributed by atoms with E-state index in [4.69, 9.17) is 14.7 Å². The van der Waals surface area contributed by atoms with Gasteiger partial charge < -0.3 is 19.3 Å². The number of para-hydroxylation sites is 2. The Morgan fingerprint density at radius 1 is 1.04 bits per heavy atom. The molecule has 1 saturated heterocycles. The van der Waals surface area contributed by atoms with Gasteiger partial charge in [-0.05, 0) is 36.4 Å². The van der Waals surface area contributed by atoms with Crippen LogP contribution >= 0.6 is 0 Å². The SMILES string of the molecule is COc1ccccc1OCC(=O)N1CCN(c2ccc(C#N)cc2)CC1. The Morgan fingerprint density at radius 3 is 2.31 bits per heavy atom. The maximum absolute atomic E-state index is 12.4. The normalized spacial score (nSPS) is 13.8. The number of nitriles is 1. The molecule has 26 heavy (non-hydrogen) atoms. The Balaban J connectivity index is 1.51. The summed E-state index contributed by atoms with van der Waals surface area (Å²) in [5.41, 5.74) is 1.72. The van der Waals surface area contributed by atoms with Crippen molar-refractivity contribution in [2.45, 2.75) is 0 Å². The first-order valence-electron chi connectivity index (χ1n) is 8.50. The first-order chi connectivity index (χ1) is 12.7. The second-order valence-corrected chi connectivity index (χ2v) is 5.97. The largest absolute Gasteiger partial charge is 0.493 e. The van der Waals surface area contributed by atoms with Gasteiger partial charge in [0.1, 0.15) is 0 Å². The van der Waals surface area contributed by atoms with E-state index in [2.05, 4.69) is 11.0 Å². The Kier molecular flexibility index (Phi) is 5.59. The summed E-state index contributed by atoms with van der Waals surface area (Å²) >= 11 is 0. The number of ether oxygens (including phenoxy) is 2. The number of benzene rings is 2. The molecule has 0 atom stereocenters. The van der Waals surface area contributed by atoms with E-state index in [0.29, 0.717) is 30.2 Å². The summed E-state index contributed by atoms with van der Waals surface area (Å²) in [5, 5.41) is 8.87. The van der Waals surface area contributed by atoms with Crippen molar-refractivity contribution in [3.8, 4) is 17.6 Å². The summed E-state index contributed by atoms with van der Waals surface area (Å²) < 4.78 is 10.8. The van der Waals surface area contributed by atoms with Crippen LogP contribution < -0.4 is 14.4 Å². The van der Waals surface area contributed by atoms with Crippen LogP contribution in [0, 0.1) is 11.3 Å². The lowest BCUT2D eigenvalue weighted by Gasteiger charge is -2.36. The highest BCUT2D eigenvalue weighted by atomic mass is 16.5. The lowest BCUT2D eigenvalue weighted by Crippen LogP contribution is -2.50. The van der Waals surface area contributed by atoms with Gasteiger partial charge in [0.25, 0.3) is 5.91 Å². The number of hydrogen-bond acceptors (Lipinski definition) is 5. The third-order valence-electron chi connectivity index (χ3n) is 4.41. The van der Waals surface area contributed by atoms with E-state index in [1.807, 2.05) is 41.3 Å². The van der Waals surface area contributed by atoms with Crippen LogP contribution in [0.5, 0.6) is 11.5 Å². The van der Waals surface area contributed by atoms with Gasteiger partial charge in [-0.1, -0.05) is 12.1 Å². The highest BCUT2D eigenvalue weighted by Gasteiger charge is 2.22. The standard InChI is InChI=1S/C20H21N3O3/c1-25-18-4-2-3-5-19(18)26-15-20(24)23-12-10-22(11-13-23)17-8-6-16(14-21)7-9-17/h2-9H,10-13,15H2,1H3. The predicted molar refractivity (Wildman–Crippen MR) is 98.4 cm³/mol. The van der Waals surface area contributed by atoms with E-state index < -0.39 is 0 Å².